The SMILES string of the molecule is CCC(C(=N)N)N1CCN(S(=O)(=O)CCC(C)(C)C)CC1. The topological polar surface area (TPSA) is 90.5 Å². The predicted octanol–water partition coefficient (Wildman–Crippen LogP) is 1.08. The molecule has 1 atom stereocenters. The number of nitrogens with one attached hydrogen (secondary N) is 1. The van der Waals surface area contributed by atoms with Crippen LogP contribution in [0.3, 0.4) is 0 Å². The summed E-state index contributed by atoms with van der Waals surface area (Å²) in [7, 11) is -3.17. The summed E-state index contributed by atoms with van der Waals surface area (Å²) in [6.07, 6.45) is 1.45. The van der Waals surface area contributed by atoms with Crippen LogP contribution in [0.15, 0.2) is 0 Å². The Morgan fingerprint density at radius 1 is 1.24 bits per heavy atom. The number of nitrogens with two attached hydrogens (primary N) is 1. The molecule has 1 aliphatic heterocycles. The number of hydrogen-bond donors (Lipinski definition) is 2. The van der Waals surface area contributed by atoms with E-state index in [-0.39, 0.29) is 23.0 Å². The maximum absolute atomic E-state index is 12.4. The van der Waals surface area contributed by atoms with Gasteiger partial charge >= 0.3 is 0 Å². The van der Waals surface area contributed by atoms with Gasteiger partial charge in [-0.25, -0.2) is 8.42 Å². The Balaban J connectivity index is 2.57. The molecule has 0 aromatic carbocycles. The van der Waals surface area contributed by atoms with Gasteiger partial charge in [0.05, 0.1) is 11.8 Å². The molecule has 1 heterocycles. The van der Waals surface area contributed by atoms with Crippen molar-refractivity contribution in [1.82, 2.24) is 9.21 Å². The molecule has 3 N–H and O–H groups in total. The van der Waals surface area contributed by atoms with E-state index in [4.69, 9.17) is 11.1 Å². The van der Waals surface area contributed by atoms with Crippen LogP contribution in [0.25, 0.3) is 0 Å². The summed E-state index contributed by atoms with van der Waals surface area (Å²) in [5.41, 5.74) is 5.63. The number of rotatable bonds is 6. The van der Waals surface area contributed by atoms with E-state index in [1.165, 1.54) is 0 Å². The minimum Gasteiger partial charge on any atom is -0.386 e. The fourth-order valence-corrected chi connectivity index (χ4v) is 4.38. The molecule has 7 heteroatoms. The van der Waals surface area contributed by atoms with E-state index in [1.54, 1.807) is 4.31 Å². The summed E-state index contributed by atoms with van der Waals surface area (Å²) in [6, 6.07) is -0.0653. The molecule has 1 saturated heterocycles. The van der Waals surface area contributed by atoms with Crippen molar-refractivity contribution in [3.8, 4) is 0 Å². The third kappa shape index (κ3) is 5.56. The summed E-state index contributed by atoms with van der Waals surface area (Å²) >= 11 is 0. The normalized spacial score (nSPS) is 20.4. The summed E-state index contributed by atoms with van der Waals surface area (Å²) < 4.78 is 26.3. The van der Waals surface area contributed by atoms with Crippen LogP contribution < -0.4 is 5.73 Å². The van der Waals surface area contributed by atoms with Crippen LogP contribution in [0.4, 0.5) is 0 Å². The lowest BCUT2D eigenvalue weighted by atomic mass is 9.94. The Kier molecular flexibility index (Phi) is 6.19. The largest absolute Gasteiger partial charge is 0.386 e. The second-order valence-corrected chi connectivity index (χ2v) is 9.03. The first-order chi connectivity index (χ1) is 9.57. The van der Waals surface area contributed by atoms with Crippen LogP contribution >= 0.6 is 0 Å². The van der Waals surface area contributed by atoms with E-state index < -0.39 is 10.0 Å². The average molecular weight is 318 g/mol. The second-order valence-electron chi connectivity index (χ2n) is 6.94. The molecule has 0 radical (unpaired) electrons. The molecule has 0 bridgehead atoms. The lowest BCUT2D eigenvalue weighted by Gasteiger charge is -2.38. The number of piperazine rings is 1. The van der Waals surface area contributed by atoms with Crippen molar-refractivity contribution >= 4 is 15.9 Å². The Hall–Kier alpha value is -0.660. The van der Waals surface area contributed by atoms with Gasteiger partial charge in [0.15, 0.2) is 0 Å². The first-order valence-electron chi connectivity index (χ1n) is 7.62. The van der Waals surface area contributed by atoms with Gasteiger partial charge in [-0.05, 0) is 18.3 Å². The minimum atomic E-state index is -3.17. The smallest absolute Gasteiger partial charge is 0.214 e. The maximum Gasteiger partial charge on any atom is 0.214 e. The van der Waals surface area contributed by atoms with Crippen LogP contribution in [0, 0.1) is 10.8 Å². The van der Waals surface area contributed by atoms with E-state index >= 15 is 0 Å². The van der Waals surface area contributed by atoms with Crippen molar-refractivity contribution in [3.63, 3.8) is 0 Å². The Morgan fingerprint density at radius 3 is 2.14 bits per heavy atom. The number of sulfonamides is 1. The van der Waals surface area contributed by atoms with Crippen LogP contribution in [0.5, 0.6) is 0 Å². The number of amidine groups is 1. The average Bonchev–Trinajstić information content (AvgIpc) is 2.37. The quantitative estimate of drug-likeness (QED) is 0.566. The van der Waals surface area contributed by atoms with Gasteiger partial charge in [0.25, 0.3) is 0 Å². The molecule has 0 aliphatic carbocycles. The first-order valence-corrected chi connectivity index (χ1v) is 9.23. The maximum atomic E-state index is 12.4. The summed E-state index contributed by atoms with van der Waals surface area (Å²) in [5, 5.41) is 7.60. The summed E-state index contributed by atoms with van der Waals surface area (Å²) in [5.74, 6) is 0.377. The molecule has 1 aliphatic rings. The molecule has 0 spiro atoms. The molecule has 1 unspecified atom stereocenters. The molecular weight excluding hydrogens is 288 g/mol. The highest BCUT2D eigenvalue weighted by Crippen LogP contribution is 2.21. The van der Waals surface area contributed by atoms with Crippen molar-refractivity contribution in [1.29, 1.82) is 5.41 Å². The number of nitrogens with zero attached hydrogens (tertiary/aromatic N) is 2. The molecule has 124 valence electrons. The van der Waals surface area contributed by atoms with Gasteiger partial charge in [-0.1, -0.05) is 27.7 Å². The van der Waals surface area contributed by atoms with Gasteiger partial charge in [0, 0.05) is 26.2 Å². The van der Waals surface area contributed by atoms with Gasteiger partial charge in [0.1, 0.15) is 5.84 Å². The zero-order chi connectivity index (χ0) is 16.3. The lowest BCUT2D eigenvalue weighted by molar-refractivity contribution is 0.163. The molecule has 1 rings (SSSR count). The van der Waals surface area contributed by atoms with Gasteiger partial charge in [0.2, 0.25) is 10.0 Å². The van der Waals surface area contributed by atoms with Gasteiger partial charge in [-0.3, -0.25) is 10.3 Å². The zero-order valence-electron chi connectivity index (χ0n) is 13.7. The van der Waals surface area contributed by atoms with Crippen LogP contribution in [0.2, 0.25) is 0 Å². The third-order valence-corrected chi connectivity index (χ3v) is 5.84. The lowest BCUT2D eigenvalue weighted by Crippen LogP contribution is -2.55. The molecule has 0 aromatic rings. The minimum absolute atomic E-state index is 0.0246. The molecule has 0 saturated carbocycles. The van der Waals surface area contributed by atoms with E-state index in [1.807, 2.05) is 6.92 Å². The Bertz CT molecular complexity index is 448. The second kappa shape index (κ2) is 7.07. The highest BCUT2D eigenvalue weighted by molar-refractivity contribution is 7.89. The van der Waals surface area contributed by atoms with Crippen molar-refractivity contribution in [2.75, 3.05) is 31.9 Å². The van der Waals surface area contributed by atoms with E-state index in [9.17, 15) is 8.42 Å². The first kappa shape index (κ1) is 18.4. The zero-order valence-corrected chi connectivity index (χ0v) is 14.5. The number of hydrogen-bond acceptors (Lipinski definition) is 4. The van der Waals surface area contributed by atoms with Crippen LogP contribution in [-0.4, -0.2) is 61.4 Å². The summed E-state index contributed by atoms with van der Waals surface area (Å²) in [6.45, 7) is 10.4. The van der Waals surface area contributed by atoms with Gasteiger partial charge < -0.3 is 5.73 Å². The van der Waals surface area contributed by atoms with Gasteiger partial charge in [-0.15, -0.1) is 0 Å². The summed E-state index contributed by atoms with van der Waals surface area (Å²) in [4.78, 5) is 2.11. The third-order valence-electron chi connectivity index (χ3n) is 3.96. The van der Waals surface area contributed by atoms with Crippen LogP contribution in [-0.2, 0) is 10.0 Å². The predicted molar refractivity (Wildman–Crippen MR) is 87.0 cm³/mol. The van der Waals surface area contributed by atoms with E-state index in [2.05, 4.69) is 25.7 Å². The highest BCUT2D eigenvalue weighted by Gasteiger charge is 2.30. The standard InChI is InChI=1S/C14H30N4O2S/c1-5-12(13(15)16)17-7-9-18(10-8-17)21(19,20)11-6-14(2,3)4/h12H,5-11H2,1-4H3,(H3,15,16). The Morgan fingerprint density at radius 2 is 1.76 bits per heavy atom. The molecule has 0 amide bonds. The van der Waals surface area contributed by atoms with Crippen LogP contribution in [0.1, 0.15) is 40.5 Å². The fraction of sp³-hybridized carbons (Fsp3) is 0.929. The van der Waals surface area contributed by atoms with Gasteiger partial charge in [-0.2, -0.15) is 4.31 Å². The Labute approximate surface area is 129 Å². The van der Waals surface area contributed by atoms with E-state index in [0.717, 1.165) is 6.42 Å². The van der Waals surface area contributed by atoms with Crippen molar-refractivity contribution in [2.45, 2.75) is 46.6 Å². The highest BCUT2D eigenvalue weighted by atomic mass is 32.2. The molecule has 1 fully saturated rings. The fourth-order valence-electron chi connectivity index (χ4n) is 2.53. The molecular formula is C14H30N4O2S. The molecule has 6 nitrogen and oxygen atoms in total. The monoisotopic (exact) mass is 318 g/mol. The van der Waals surface area contributed by atoms with E-state index in [0.29, 0.717) is 32.6 Å². The van der Waals surface area contributed by atoms with Crippen molar-refractivity contribution in [2.24, 2.45) is 11.1 Å². The molecule has 0 aromatic heterocycles. The molecule has 21 heavy (non-hydrogen) atoms. The van der Waals surface area contributed by atoms with Crippen molar-refractivity contribution in [3.05, 3.63) is 0 Å². The van der Waals surface area contributed by atoms with Crippen molar-refractivity contribution < 1.29 is 8.42 Å².